The van der Waals surface area contributed by atoms with Gasteiger partial charge in [-0.05, 0) is 12.1 Å². The molecule has 1 saturated heterocycles. The molecule has 0 amide bonds. The van der Waals surface area contributed by atoms with Crippen LogP contribution in [0.3, 0.4) is 0 Å². The molecule has 0 unspecified atom stereocenters. The normalized spacial score (nSPS) is 34.8. The Bertz CT molecular complexity index is 439. The van der Waals surface area contributed by atoms with Crippen LogP contribution in [0.4, 0.5) is 4.39 Å². The van der Waals surface area contributed by atoms with Crippen LogP contribution < -0.4 is 4.74 Å². The van der Waals surface area contributed by atoms with E-state index >= 15 is 0 Å². The van der Waals surface area contributed by atoms with Crippen molar-refractivity contribution in [3.8, 4) is 5.75 Å². The number of benzene rings is 1. The molecule has 0 bridgehead atoms. The second-order valence-corrected chi connectivity index (χ2v) is 4.12. The average molecular weight is 272 g/mol. The SMILES string of the molecule is O=C(O)[C@H]1O[C@@H](Oc2ccccc2)[C@H](O)[C@@H](O)[C@@H]1F. The van der Waals surface area contributed by atoms with Crippen molar-refractivity contribution >= 4 is 5.97 Å². The zero-order valence-electron chi connectivity index (χ0n) is 9.72. The summed E-state index contributed by atoms with van der Waals surface area (Å²) in [6.07, 6.45) is -9.12. The number of hydrogen-bond acceptors (Lipinski definition) is 5. The first-order valence-corrected chi connectivity index (χ1v) is 5.61. The number of halogens is 1. The first kappa shape index (κ1) is 13.7. The van der Waals surface area contributed by atoms with Crippen LogP contribution in [-0.2, 0) is 9.53 Å². The van der Waals surface area contributed by atoms with Crippen molar-refractivity contribution in [3.05, 3.63) is 30.3 Å². The van der Waals surface area contributed by atoms with Crippen molar-refractivity contribution in [1.29, 1.82) is 0 Å². The Labute approximate surface area is 108 Å². The maximum absolute atomic E-state index is 13.5. The second kappa shape index (κ2) is 5.52. The van der Waals surface area contributed by atoms with Gasteiger partial charge in [0, 0.05) is 0 Å². The summed E-state index contributed by atoms with van der Waals surface area (Å²) in [5, 5.41) is 27.9. The highest BCUT2D eigenvalue weighted by Gasteiger charge is 2.49. The lowest BCUT2D eigenvalue weighted by Crippen LogP contribution is -2.59. The minimum absolute atomic E-state index is 0.306. The van der Waals surface area contributed by atoms with Gasteiger partial charge in [0.1, 0.15) is 18.0 Å². The predicted molar refractivity (Wildman–Crippen MR) is 60.3 cm³/mol. The topological polar surface area (TPSA) is 96.2 Å². The summed E-state index contributed by atoms with van der Waals surface area (Å²) in [6.45, 7) is 0. The first-order chi connectivity index (χ1) is 9.00. The third-order valence-electron chi connectivity index (χ3n) is 2.76. The third kappa shape index (κ3) is 2.83. The molecule has 0 saturated carbocycles. The molecule has 0 spiro atoms. The number of ether oxygens (including phenoxy) is 2. The number of carbonyl (C=O) groups is 1. The fourth-order valence-electron chi connectivity index (χ4n) is 1.75. The molecule has 104 valence electrons. The predicted octanol–water partition coefficient (Wildman–Crippen LogP) is -0.0652. The molecule has 1 heterocycles. The Hall–Kier alpha value is -1.70. The zero-order valence-corrected chi connectivity index (χ0v) is 9.72. The summed E-state index contributed by atoms with van der Waals surface area (Å²) >= 11 is 0. The first-order valence-electron chi connectivity index (χ1n) is 5.61. The second-order valence-electron chi connectivity index (χ2n) is 4.12. The van der Waals surface area contributed by atoms with Gasteiger partial charge in [0.15, 0.2) is 12.3 Å². The van der Waals surface area contributed by atoms with Gasteiger partial charge in [0.2, 0.25) is 6.29 Å². The van der Waals surface area contributed by atoms with Crippen LogP contribution >= 0.6 is 0 Å². The maximum atomic E-state index is 13.5. The van der Waals surface area contributed by atoms with Gasteiger partial charge in [0.25, 0.3) is 0 Å². The van der Waals surface area contributed by atoms with Crippen molar-refractivity contribution in [2.24, 2.45) is 0 Å². The Morgan fingerprint density at radius 3 is 2.42 bits per heavy atom. The van der Waals surface area contributed by atoms with Crippen LogP contribution in [0, 0.1) is 0 Å². The molecule has 0 radical (unpaired) electrons. The molecular formula is C12H13FO6. The number of carboxylic acids is 1. The monoisotopic (exact) mass is 272 g/mol. The van der Waals surface area contributed by atoms with Crippen molar-refractivity contribution in [1.82, 2.24) is 0 Å². The standard InChI is InChI=1S/C12H13FO6/c13-7-8(14)9(15)12(19-10(7)11(16)17)18-6-4-2-1-3-5-6/h1-5,7-10,12,14-15H,(H,16,17)/t7-,8-,9+,10-,12+/m0/s1. The molecule has 1 fully saturated rings. The van der Waals surface area contributed by atoms with Gasteiger partial charge in [-0.1, -0.05) is 18.2 Å². The van der Waals surface area contributed by atoms with Crippen molar-refractivity contribution in [3.63, 3.8) is 0 Å². The van der Waals surface area contributed by atoms with Crippen molar-refractivity contribution < 1.29 is 34.0 Å². The lowest BCUT2D eigenvalue weighted by atomic mass is 10.0. The summed E-state index contributed by atoms with van der Waals surface area (Å²) in [5.41, 5.74) is 0. The van der Waals surface area contributed by atoms with E-state index in [0.717, 1.165) is 0 Å². The number of para-hydroxylation sites is 1. The smallest absolute Gasteiger partial charge is 0.336 e. The van der Waals surface area contributed by atoms with Gasteiger partial charge in [0.05, 0.1) is 0 Å². The molecular weight excluding hydrogens is 259 g/mol. The van der Waals surface area contributed by atoms with E-state index in [1.165, 1.54) is 0 Å². The number of rotatable bonds is 3. The van der Waals surface area contributed by atoms with Crippen LogP contribution in [0.1, 0.15) is 0 Å². The highest BCUT2D eigenvalue weighted by Crippen LogP contribution is 2.26. The van der Waals surface area contributed by atoms with Crippen LogP contribution in [0.5, 0.6) is 5.75 Å². The summed E-state index contributed by atoms with van der Waals surface area (Å²) < 4.78 is 23.5. The average Bonchev–Trinajstić information content (AvgIpc) is 2.40. The molecule has 2 rings (SSSR count). The molecule has 3 N–H and O–H groups in total. The summed E-state index contributed by atoms with van der Waals surface area (Å²) in [5.74, 6) is -1.26. The van der Waals surface area contributed by atoms with E-state index < -0.39 is 36.7 Å². The van der Waals surface area contributed by atoms with Crippen molar-refractivity contribution in [2.75, 3.05) is 0 Å². The Morgan fingerprint density at radius 1 is 1.21 bits per heavy atom. The number of aliphatic hydroxyl groups is 2. The summed E-state index contributed by atoms with van der Waals surface area (Å²) in [6, 6.07) is 8.16. The fraction of sp³-hybridized carbons (Fsp3) is 0.417. The molecule has 1 aliphatic heterocycles. The van der Waals surface area contributed by atoms with Crippen LogP contribution in [0.15, 0.2) is 30.3 Å². The van der Waals surface area contributed by atoms with E-state index in [2.05, 4.69) is 0 Å². The molecule has 5 atom stereocenters. The highest BCUT2D eigenvalue weighted by molar-refractivity contribution is 5.73. The van der Waals surface area contributed by atoms with Crippen LogP contribution in [0.25, 0.3) is 0 Å². The maximum Gasteiger partial charge on any atom is 0.336 e. The van der Waals surface area contributed by atoms with E-state index in [9.17, 15) is 19.4 Å². The molecule has 1 aliphatic rings. The molecule has 7 heteroatoms. The lowest BCUT2D eigenvalue weighted by Gasteiger charge is -2.37. The van der Waals surface area contributed by atoms with E-state index in [-0.39, 0.29) is 0 Å². The van der Waals surface area contributed by atoms with Gasteiger partial charge < -0.3 is 24.8 Å². The van der Waals surface area contributed by atoms with Crippen molar-refractivity contribution in [2.45, 2.75) is 30.8 Å². The van der Waals surface area contributed by atoms with E-state index in [4.69, 9.17) is 14.6 Å². The minimum atomic E-state index is -2.22. The summed E-state index contributed by atoms with van der Waals surface area (Å²) in [4.78, 5) is 10.8. The zero-order chi connectivity index (χ0) is 14.0. The van der Waals surface area contributed by atoms with Gasteiger partial charge >= 0.3 is 5.97 Å². The molecule has 1 aromatic rings. The molecule has 0 aromatic heterocycles. The Kier molecular flexibility index (Phi) is 3.98. The molecule has 1 aromatic carbocycles. The fourth-order valence-corrected chi connectivity index (χ4v) is 1.75. The van der Waals surface area contributed by atoms with Gasteiger partial charge in [-0.15, -0.1) is 0 Å². The molecule has 0 aliphatic carbocycles. The lowest BCUT2D eigenvalue weighted by molar-refractivity contribution is -0.259. The van der Waals surface area contributed by atoms with E-state index in [0.29, 0.717) is 5.75 Å². The quantitative estimate of drug-likeness (QED) is 0.713. The van der Waals surface area contributed by atoms with Crippen LogP contribution in [0.2, 0.25) is 0 Å². The van der Waals surface area contributed by atoms with Gasteiger partial charge in [-0.25, -0.2) is 9.18 Å². The number of aliphatic carboxylic acids is 1. The number of carboxylic acid groups (broad SMARTS) is 1. The van der Waals surface area contributed by atoms with Crippen LogP contribution in [-0.4, -0.2) is 52.1 Å². The minimum Gasteiger partial charge on any atom is -0.479 e. The Balaban J connectivity index is 2.13. The third-order valence-corrected chi connectivity index (χ3v) is 2.76. The number of alkyl halides is 1. The van der Waals surface area contributed by atoms with Gasteiger partial charge in [-0.2, -0.15) is 0 Å². The van der Waals surface area contributed by atoms with Gasteiger partial charge in [-0.3, -0.25) is 0 Å². The molecule has 6 nitrogen and oxygen atoms in total. The largest absolute Gasteiger partial charge is 0.479 e. The Morgan fingerprint density at radius 2 is 1.84 bits per heavy atom. The number of hydrogen-bond donors (Lipinski definition) is 3. The highest BCUT2D eigenvalue weighted by atomic mass is 19.1. The molecule has 19 heavy (non-hydrogen) atoms. The summed E-state index contributed by atoms with van der Waals surface area (Å²) in [7, 11) is 0. The van der Waals surface area contributed by atoms with E-state index in [1.54, 1.807) is 30.3 Å². The van der Waals surface area contributed by atoms with E-state index in [1.807, 2.05) is 0 Å². The number of aliphatic hydroxyl groups excluding tert-OH is 2.